The van der Waals surface area contributed by atoms with Crippen LogP contribution in [0, 0.1) is 0 Å². The molecule has 1 amide bonds. The number of benzene rings is 2. The number of ketones is 1. The van der Waals surface area contributed by atoms with E-state index in [0.717, 1.165) is 19.6 Å². The molecule has 1 aliphatic rings. The van der Waals surface area contributed by atoms with Gasteiger partial charge in [-0.2, -0.15) is 0 Å². The highest BCUT2D eigenvalue weighted by Crippen LogP contribution is 2.10. The van der Waals surface area contributed by atoms with Gasteiger partial charge in [-0.15, -0.1) is 0 Å². The zero-order chi connectivity index (χ0) is 18.9. The van der Waals surface area contributed by atoms with Crippen molar-refractivity contribution in [1.29, 1.82) is 0 Å². The van der Waals surface area contributed by atoms with Gasteiger partial charge in [-0.25, -0.2) is 0 Å². The van der Waals surface area contributed by atoms with Crippen LogP contribution in [-0.2, 0) is 16.1 Å². The first-order valence-corrected chi connectivity index (χ1v) is 9.43. The summed E-state index contributed by atoms with van der Waals surface area (Å²) in [6, 6.07) is 19.4. The van der Waals surface area contributed by atoms with E-state index < -0.39 is 0 Å². The number of rotatable bonds is 8. The Hall–Kier alpha value is -2.50. The average molecular weight is 366 g/mol. The molecule has 27 heavy (non-hydrogen) atoms. The quantitative estimate of drug-likeness (QED) is 0.730. The zero-order valence-electron chi connectivity index (χ0n) is 15.5. The van der Waals surface area contributed by atoms with Crippen LogP contribution in [0.2, 0.25) is 0 Å². The SMILES string of the molecule is O=C(CCC(=O)c1ccccc1)NC[C@@H]1CN(Cc2ccccc2)CCO1. The lowest BCUT2D eigenvalue weighted by Gasteiger charge is -2.33. The van der Waals surface area contributed by atoms with E-state index in [4.69, 9.17) is 4.74 Å². The highest BCUT2D eigenvalue weighted by molar-refractivity contribution is 5.97. The van der Waals surface area contributed by atoms with E-state index in [-0.39, 0.29) is 30.6 Å². The number of hydrogen-bond acceptors (Lipinski definition) is 4. The van der Waals surface area contributed by atoms with Gasteiger partial charge in [-0.3, -0.25) is 14.5 Å². The van der Waals surface area contributed by atoms with Crippen molar-refractivity contribution in [2.45, 2.75) is 25.5 Å². The Labute approximate surface area is 160 Å². The van der Waals surface area contributed by atoms with Crippen LogP contribution in [0.5, 0.6) is 0 Å². The molecule has 0 spiro atoms. The van der Waals surface area contributed by atoms with Gasteiger partial charge in [0.15, 0.2) is 5.78 Å². The van der Waals surface area contributed by atoms with Crippen molar-refractivity contribution in [3.8, 4) is 0 Å². The number of Topliss-reactive ketones (excluding diaryl/α,β-unsaturated/α-hetero) is 1. The monoisotopic (exact) mass is 366 g/mol. The predicted molar refractivity (Wildman–Crippen MR) is 104 cm³/mol. The second kappa shape index (κ2) is 10.00. The highest BCUT2D eigenvalue weighted by atomic mass is 16.5. The summed E-state index contributed by atoms with van der Waals surface area (Å²) in [4.78, 5) is 26.5. The van der Waals surface area contributed by atoms with Gasteiger partial charge >= 0.3 is 0 Å². The topological polar surface area (TPSA) is 58.6 Å². The number of hydrogen-bond donors (Lipinski definition) is 1. The van der Waals surface area contributed by atoms with Crippen LogP contribution in [0.1, 0.15) is 28.8 Å². The molecular weight excluding hydrogens is 340 g/mol. The summed E-state index contributed by atoms with van der Waals surface area (Å²) in [5.74, 6) is -0.114. The van der Waals surface area contributed by atoms with Crippen molar-refractivity contribution in [1.82, 2.24) is 10.2 Å². The van der Waals surface area contributed by atoms with Gasteiger partial charge in [-0.1, -0.05) is 60.7 Å². The summed E-state index contributed by atoms with van der Waals surface area (Å²) >= 11 is 0. The van der Waals surface area contributed by atoms with E-state index in [9.17, 15) is 9.59 Å². The van der Waals surface area contributed by atoms with Gasteiger partial charge in [0, 0.05) is 44.6 Å². The van der Waals surface area contributed by atoms with Crippen LogP contribution >= 0.6 is 0 Å². The molecule has 1 heterocycles. The average Bonchev–Trinajstić information content (AvgIpc) is 2.72. The summed E-state index contributed by atoms with van der Waals surface area (Å²) in [5, 5.41) is 2.90. The van der Waals surface area contributed by atoms with Crippen molar-refractivity contribution in [3.05, 3.63) is 71.8 Å². The third-order valence-electron chi connectivity index (χ3n) is 4.67. The first kappa shape index (κ1) is 19.3. The molecule has 142 valence electrons. The number of amides is 1. The van der Waals surface area contributed by atoms with Crippen molar-refractivity contribution >= 4 is 11.7 Å². The fourth-order valence-corrected chi connectivity index (χ4v) is 3.20. The number of nitrogens with zero attached hydrogens (tertiary/aromatic N) is 1. The predicted octanol–water partition coefficient (Wildman–Crippen LogP) is 2.67. The van der Waals surface area contributed by atoms with Crippen molar-refractivity contribution in [2.75, 3.05) is 26.2 Å². The van der Waals surface area contributed by atoms with E-state index in [2.05, 4.69) is 22.3 Å². The molecule has 2 aromatic carbocycles. The van der Waals surface area contributed by atoms with E-state index >= 15 is 0 Å². The molecule has 1 saturated heterocycles. The number of carbonyl (C=O) groups is 2. The first-order chi connectivity index (χ1) is 13.2. The normalized spacial score (nSPS) is 17.4. The van der Waals surface area contributed by atoms with Crippen molar-refractivity contribution in [2.24, 2.45) is 0 Å². The van der Waals surface area contributed by atoms with E-state index in [1.807, 2.05) is 36.4 Å². The molecule has 0 radical (unpaired) electrons. The molecule has 1 atom stereocenters. The molecule has 3 rings (SSSR count). The van der Waals surface area contributed by atoms with E-state index in [1.54, 1.807) is 12.1 Å². The lowest BCUT2D eigenvalue weighted by Crippen LogP contribution is -2.47. The van der Waals surface area contributed by atoms with E-state index in [1.165, 1.54) is 5.56 Å². The fourth-order valence-electron chi connectivity index (χ4n) is 3.20. The fraction of sp³-hybridized carbons (Fsp3) is 0.364. The zero-order valence-corrected chi connectivity index (χ0v) is 15.5. The molecule has 1 N–H and O–H groups in total. The number of ether oxygens (including phenoxy) is 1. The molecule has 1 aliphatic heterocycles. The minimum atomic E-state index is -0.108. The molecule has 5 nitrogen and oxygen atoms in total. The molecule has 0 aliphatic carbocycles. The molecule has 2 aromatic rings. The van der Waals surface area contributed by atoms with Crippen molar-refractivity contribution in [3.63, 3.8) is 0 Å². The summed E-state index contributed by atoms with van der Waals surface area (Å²) in [6.07, 6.45) is 0.409. The van der Waals surface area contributed by atoms with Crippen LogP contribution in [0.15, 0.2) is 60.7 Å². The van der Waals surface area contributed by atoms with Crippen LogP contribution in [0.4, 0.5) is 0 Å². The first-order valence-electron chi connectivity index (χ1n) is 9.43. The van der Waals surface area contributed by atoms with Gasteiger partial charge in [0.2, 0.25) is 5.91 Å². The largest absolute Gasteiger partial charge is 0.374 e. The smallest absolute Gasteiger partial charge is 0.220 e. The van der Waals surface area contributed by atoms with Gasteiger partial charge in [0.25, 0.3) is 0 Å². The summed E-state index contributed by atoms with van der Waals surface area (Å²) < 4.78 is 5.77. The Kier molecular flexibility index (Phi) is 7.13. The molecule has 1 fully saturated rings. The Balaban J connectivity index is 1.37. The van der Waals surface area contributed by atoms with Gasteiger partial charge < -0.3 is 10.1 Å². The number of nitrogens with one attached hydrogen (secondary N) is 1. The molecule has 5 heteroatoms. The maximum Gasteiger partial charge on any atom is 0.220 e. The maximum atomic E-state index is 12.1. The van der Waals surface area contributed by atoms with E-state index in [0.29, 0.717) is 18.7 Å². The van der Waals surface area contributed by atoms with Crippen LogP contribution in [-0.4, -0.2) is 48.9 Å². The molecule has 0 aromatic heterocycles. The number of carbonyl (C=O) groups excluding carboxylic acids is 2. The molecule has 0 saturated carbocycles. The van der Waals surface area contributed by atoms with Crippen LogP contribution < -0.4 is 5.32 Å². The lowest BCUT2D eigenvalue weighted by atomic mass is 10.1. The Morgan fingerprint density at radius 1 is 1.00 bits per heavy atom. The highest BCUT2D eigenvalue weighted by Gasteiger charge is 2.21. The second-order valence-electron chi connectivity index (χ2n) is 6.81. The molecule has 0 bridgehead atoms. The maximum absolute atomic E-state index is 12.1. The minimum absolute atomic E-state index is 0.00583. The van der Waals surface area contributed by atoms with Crippen LogP contribution in [0.3, 0.4) is 0 Å². The lowest BCUT2D eigenvalue weighted by molar-refractivity contribution is -0.122. The molecular formula is C22H26N2O3. The Bertz CT molecular complexity index is 734. The third-order valence-corrected chi connectivity index (χ3v) is 4.67. The minimum Gasteiger partial charge on any atom is -0.374 e. The Morgan fingerprint density at radius 3 is 2.44 bits per heavy atom. The van der Waals surface area contributed by atoms with Crippen molar-refractivity contribution < 1.29 is 14.3 Å². The second-order valence-corrected chi connectivity index (χ2v) is 6.81. The molecule has 0 unspecified atom stereocenters. The van der Waals surface area contributed by atoms with Gasteiger partial charge in [0.05, 0.1) is 12.7 Å². The number of morpholine rings is 1. The van der Waals surface area contributed by atoms with Gasteiger partial charge in [-0.05, 0) is 5.56 Å². The third kappa shape index (κ3) is 6.31. The summed E-state index contributed by atoms with van der Waals surface area (Å²) in [6.45, 7) is 3.72. The standard InChI is InChI=1S/C22H26N2O3/c25-21(19-9-5-2-6-10-19)11-12-22(26)23-15-20-17-24(13-14-27-20)16-18-7-3-1-4-8-18/h1-10,20H,11-17H2,(H,23,26)/t20-/m1/s1. The summed E-state index contributed by atoms with van der Waals surface area (Å²) in [5.41, 5.74) is 1.93. The van der Waals surface area contributed by atoms with Gasteiger partial charge in [0.1, 0.15) is 0 Å². The summed E-state index contributed by atoms with van der Waals surface area (Å²) in [7, 11) is 0. The van der Waals surface area contributed by atoms with Crippen LogP contribution in [0.25, 0.3) is 0 Å². The Morgan fingerprint density at radius 2 is 1.70 bits per heavy atom.